The van der Waals surface area contributed by atoms with Crippen LogP contribution in [0, 0.1) is 11.7 Å². The molecule has 9 heteroatoms. The summed E-state index contributed by atoms with van der Waals surface area (Å²) in [5.74, 6) is -1.33. The van der Waals surface area contributed by atoms with E-state index in [1.54, 1.807) is 30.5 Å². The second kappa shape index (κ2) is 8.31. The maximum atomic E-state index is 15.4. The van der Waals surface area contributed by atoms with E-state index in [0.717, 1.165) is 0 Å². The van der Waals surface area contributed by atoms with Crippen molar-refractivity contribution in [2.75, 3.05) is 13.1 Å². The summed E-state index contributed by atoms with van der Waals surface area (Å²) in [4.78, 5) is 44.3. The highest BCUT2D eigenvalue weighted by molar-refractivity contribution is 6.05. The number of carbonyl (C=O) groups excluding carboxylic acids is 3. The molecule has 2 aromatic rings. The van der Waals surface area contributed by atoms with Crippen molar-refractivity contribution in [1.82, 2.24) is 20.1 Å². The number of halogens is 1. The molecule has 2 saturated heterocycles. The smallest absolute Gasteiger partial charge is 0.255 e. The van der Waals surface area contributed by atoms with Crippen LogP contribution in [-0.2, 0) is 22.7 Å². The molecule has 4 heterocycles. The van der Waals surface area contributed by atoms with E-state index < -0.39 is 23.9 Å². The highest BCUT2D eigenvalue weighted by Crippen LogP contribution is 2.32. The quantitative estimate of drug-likeness (QED) is 0.681. The molecule has 0 spiro atoms. The maximum Gasteiger partial charge on any atom is 0.255 e. The monoisotopic (exact) mass is 452 g/mol. The zero-order valence-electron chi connectivity index (χ0n) is 18.3. The van der Waals surface area contributed by atoms with E-state index >= 15 is 4.39 Å². The molecule has 3 aliphatic heterocycles. The predicted molar refractivity (Wildman–Crippen MR) is 116 cm³/mol. The topological polar surface area (TPSA) is 103 Å². The maximum absolute atomic E-state index is 15.4. The molecule has 1 aromatic carbocycles. The van der Waals surface area contributed by atoms with Gasteiger partial charge in [0.05, 0.1) is 6.10 Å². The summed E-state index contributed by atoms with van der Waals surface area (Å²) in [7, 11) is 0. The highest BCUT2D eigenvalue weighted by Gasteiger charge is 2.39. The van der Waals surface area contributed by atoms with Crippen molar-refractivity contribution in [3.05, 3.63) is 53.0 Å². The van der Waals surface area contributed by atoms with Crippen LogP contribution in [0.15, 0.2) is 30.5 Å². The molecule has 3 atom stereocenters. The summed E-state index contributed by atoms with van der Waals surface area (Å²) >= 11 is 0. The number of hydrogen-bond acceptors (Lipinski definition) is 6. The van der Waals surface area contributed by atoms with Crippen LogP contribution in [0.4, 0.5) is 4.39 Å². The van der Waals surface area contributed by atoms with E-state index in [1.807, 2.05) is 11.8 Å². The molecule has 3 amide bonds. The van der Waals surface area contributed by atoms with E-state index in [0.29, 0.717) is 48.3 Å². The number of nitrogens with zero attached hydrogens (tertiary/aromatic N) is 3. The van der Waals surface area contributed by atoms with Crippen LogP contribution in [-0.4, -0.2) is 62.8 Å². The van der Waals surface area contributed by atoms with Crippen LogP contribution < -0.4 is 5.32 Å². The lowest BCUT2D eigenvalue weighted by molar-refractivity contribution is -0.136. The van der Waals surface area contributed by atoms with Gasteiger partial charge in [-0.25, -0.2) is 4.39 Å². The second-order valence-corrected chi connectivity index (χ2v) is 9.14. The first-order chi connectivity index (χ1) is 15.8. The van der Waals surface area contributed by atoms with Crippen LogP contribution >= 0.6 is 0 Å². The Hall–Kier alpha value is -3.17. The zero-order valence-corrected chi connectivity index (χ0v) is 18.3. The number of nitrogens with one attached hydrogen (secondary N) is 1. The Morgan fingerprint density at radius 3 is 2.76 bits per heavy atom. The zero-order chi connectivity index (χ0) is 23.3. The fourth-order valence-corrected chi connectivity index (χ4v) is 4.95. The van der Waals surface area contributed by atoms with Gasteiger partial charge < -0.3 is 10.0 Å². The molecule has 2 N–H and O–H groups in total. The Bertz CT molecular complexity index is 1140. The Morgan fingerprint density at radius 2 is 2.03 bits per heavy atom. The molecule has 1 unspecified atom stereocenters. The average Bonchev–Trinajstić information content (AvgIpc) is 3.27. The van der Waals surface area contributed by atoms with E-state index in [1.165, 1.54) is 4.90 Å². The molecular formula is C24H25FN4O4. The number of β-amino-alcohol motifs (C(OH)–C–C–N with tert-alkyl or cyclic N) is 1. The van der Waals surface area contributed by atoms with Gasteiger partial charge in [0.15, 0.2) is 5.82 Å². The van der Waals surface area contributed by atoms with Gasteiger partial charge in [-0.05, 0) is 36.1 Å². The van der Waals surface area contributed by atoms with E-state index in [-0.39, 0.29) is 36.4 Å². The standard InChI is InChI=1S/C24H25FN4O4/c1-13-9-28(12-19(13)30)10-15-6-7-26-22(21(15)25)14-2-3-17-16(8-14)11-29(24(17)33)18-4-5-20(31)27-23(18)32/h2-3,6-8,13,18-19,30H,4-5,9-12H2,1H3,(H,27,31,32)/t13-,18?,19-/m1/s1. The number of benzene rings is 1. The van der Waals surface area contributed by atoms with Gasteiger partial charge in [-0.3, -0.25) is 29.6 Å². The third kappa shape index (κ3) is 3.91. The molecule has 172 valence electrons. The number of pyridine rings is 1. The lowest BCUT2D eigenvalue weighted by atomic mass is 10.0. The molecule has 33 heavy (non-hydrogen) atoms. The number of piperidine rings is 1. The van der Waals surface area contributed by atoms with Gasteiger partial charge in [0, 0.05) is 55.5 Å². The van der Waals surface area contributed by atoms with Crippen molar-refractivity contribution in [1.29, 1.82) is 0 Å². The molecule has 5 rings (SSSR count). The van der Waals surface area contributed by atoms with Crippen LogP contribution in [0.1, 0.15) is 41.3 Å². The van der Waals surface area contributed by atoms with Gasteiger partial charge in [0.1, 0.15) is 11.7 Å². The number of hydrogen-bond donors (Lipinski definition) is 2. The summed E-state index contributed by atoms with van der Waals surface area (Å²) in [5.41, 5.74) is 2.43. The van der Waals surface area contributed by atoms with Crippen molar-refractivity contribution in [2.24, 2.45) is 5.92 Å². The van der Waals surface area contributed by atoms with Crippen LogP contribution in [0.3, 0.4) is 0 Å². The third-order valence-electron chi connectivity index (χ3n) is 6.81. The highest BCUT2D eigenvalue weighted by atomic mass is 19.1. The predicted octanol–water partition coefficient (Wildman–Crippen LogP) is 1.46. The summed E-state index contributed by atoms with van der Waals surface area (Å²) in [6.45, 7) is 3.79. The van der Waals surface area contributed by atoms with Crippen molar-refractivity contribution < 1.29 is 23.9 Å². The number of aliphatic hydroxyl groups excluding tert-OH is 1. The minimum Gasteiger partial charge on any atom is -0.391 e. The number of carbonyl (C=O) groups is 3. The normalized spacial score (nSPS) is 25.5. The summed E-state index contributed by atoms with van der Waals surface area (Å²) in [6.07, 6.45) is 1.64. The fraction of sp³-hybridized carbons (Fsp3) is 0.417. The Morgan fingerprint density at radius 1 is 1.21 bits per heavy atom. The molecule has 2 fully saturated rings. The lowest BCUT2D eigenvalue weighted by Crippen LogP contribution is -2.52. The van der Waals surface area contributed by atoms with Crippen molar-refractivity contribution in [3.63, 3.8) is 0 Å². The molecule has 0 aliphatic carbocycles. The van der Waals surface area contributed by atoms with E-state index in [9.17, 15) is 19.5 Å². The number of aliphatic hydroxyl groups is 1. The first-order valence-electron chi connectivity index (χ1n) is 11.1. The molecule has 3 aliphatic rings. The van der Waals surface area contributed by atoms with Crippen molar-refractivity contribution >= 4 is 17.7 Å². The number of likely N-dealkylation sites (tertiary alicyclic amines) is 1. The minimum absolute atomic E-state index is 0.149. The third-order valence-corrected chi connectivity index (χ3v) is 6.81. The molecule has 0 radical (unpaired) electrons. The van der Waals surface area contributed by atoms with E-state index in [4.69, 9.17) is 0 Å². The van der Waals surface area contributed by atoms with Crippen LogP contribution in [0.25, 0.3) is 11.3 Å². The number of imide groups is 1. The van der Waals surface area contributed by atoms with Gasteiger partial charge in [-0.2, -0.15) is 0 Å². The van der Waals surface area contributed by atoms with E-state index in [2.05, 4.69) is 10.3 Å². The lowest BCUT2D eigenvalue weighted by Gasteiger charge is -2.29. The summed E-state index contributed by atoms with van der Waals surface area (Å²) < 4.78 is 15.4. The van der Waals surface area contributed by atoms with Crippen molar-refractivity contribution in [3.8, 4) is 11.3 Å². The number of amides is 3. The molecule has 0 bridgehead atoms. The Labute approximate surface area is 190 Å². The van der Waals surface area contributed by atoms with Gasteiger partial charge >= 0.3 is 0 Å². The summed E-state index contributed by atoms with van der Waals surface area (Å²) in [6, 6.07) is 6.01. The largest absolute Gasteiger partial charge is 0.391 e. The Kier molecular flexibility index (Phi) is 5.46. The minimum atomic E-state index is -0.692. The van der Waals surface area contributed by atoms with Crippen LogP contribution in [0.2, 0.25) is 0 Å². The van der Waals surface area contributed by atoms with Gasteiger partial charge in [0.2, 0.25) is 11.8 Å². The van der Waals surface area contributed by atoms with Gasteiger partial charge in [-0.1, -0.05) is 13.0 Å². The Balaban J connectivity index is 1.38. The first-order valence-corrected chi connectivity index (χ1v) is 11.1. The average molecular weight is 452 g/mol. The SMILES string of the molecule is C[C@@H]1CN(Cc2ccnc(-c3ccc4c(c3)CN(C3CCC(=O)NC3=O)C4=O)c2F)C[C@H]1O. The molecule has 0 saturated carbocycles. The second-order valence-electron chi connectivity index (χ2n) is 9.14. The molecule has 8 nitrogen and oxygen atoms in total. The van der Waals surface area contributed by atoms with Gasteiger partial charge in [-0.15, -0.1) is 0 Å². The molecular weight excluding hydrogens is 427 g/mol. The fourth-order valence-electron chi connectivity index (χ4n) is 4.95. The molecule has 1 aromatic heterocycles. The summed E-state index contributed by atoms with van der Waals surface area (Å²) in [5, 5.41) is 12.3. The number of fused-ring (bicyclic) bond motifs is 1. The number of rotatable bonds is 4. The van der Waals surface area contributed by atoms with Crippen molar-refractivity contribution in [2.45, 2.75) is 45.0 Å². The first kappa shape index (κ1) is 21.7. The van der Waals surface area contributed by atoms with Gasteiger partial charge in [0.25, 0.3) is 5.91 Å². The number of aromatic nitrogens is 1. The van der Waals surface area contributed by atoms with Crippen LogP contribution in [0.5, 0.6) is 0 Å².